The molecule has 1 aromatic rings. The molecular weight excluding hydrogens is 201 g/mol. The van der Waals surface area contributed by atoms with Gasteiger partial charge in [0.2, 0.25) is 6.79 Å². The third-order valence-corrected chi connectivity index (χ3v) is 2.14. The highest BCUT2D eigenvalue weighted by Gasteiger charge is 2.25. The van der Waals surface area contributed by atoms with Gasteiger partial charge in [0.1, 0.15) is 5.82 Å². The summed E-state index contributed by atoms with van der Waals surface area (Å²) in [7, 11) is 0. The Labute approximate surface area is 85.8 Å². The van der Waals surface area contributed by atoms with Crippen molar-refractivity contribution in [3.8, 4) is 11.5 Å². The number of nitrogens with two attached hydrogens (primary N) is 1. The maximum Gasteiger partial charge on any atom is 0.231 e. The van der Waals surface area contributed by atoms with Crippen molar-refractivity contribution in [2.24, 2.45) is 5.73 Å². The predicted molar refractivity (Wildman–Crippen MR) is 50.5 cm³/mol. The summed E-state index contributed by atoms with van der Waals surface area (Å²) in [4.78, 5) is 11.6. The van der Waals surface area contributed by atoms with Crippen LogP contribution in [-0.2, 0) is 0 Å². The largest absolute Gasteiger partial charge is 0.454 e. The number of halogens is 1. The summed E-state index contributed by atoms with van der Waals surface area (Å²) in [5.41, 5.74) is 5.19. The van der Waals surface area contributed by atoms with E-state index in [1.54, 1.807) is 0 Å². The van der Waals surface area contributed by atoms with Gasteiger partial charge in [0, 0.05) is 6.42 Å². The number of benzene rings is 1. The summed E-state index contributed by atoms with van der Waals surface area (Å²) in [5, 5.41) is 0. The van der Waals surface area contributed by atoms with Gasteiger partial charge in [0.15, 0.2) is 17.3 Å². The molecule has 0 bridgehead atoms. The topological polar surface area (TPSA) is 61.6 Å². The minimum Gasteiger partial charge on any atom is -0.454 e. The lowest BCUT2D eigenvalue weighted by atomic mass is 10.1. The molecule has 80 valence electrons. The zero-order chi connectivity index (χ0) is 10.8. The molecule has 0 aromatic heterocycles. The molecule has 1 aliphatic rings. The number of carbonyl (C=O) groups is 1. The lowest BCUT2D eigenvalue weighted by Gasteiger charge is -2.05. The van der Waals surface area contributed by atoms with Crippen molar-refractivity contribution in [1.29, 1.82) is 0 Å². The van der Waals surface area contributed by atoms with Crippen LogP contribution in [-0.4, -0.2) is 19.1 Å². The number of ether oxygens (including phenoxy) is 2. The standard InChI is InChI=1S/C10H10FNO3/c11-6-1-2-8-10(15-5-14-8)9(6)7(13)3-4-12/h1-2H,3-5,12H2. The number of rotatable bonds is 3. The van der Waals surface area contributed by atoms with Crippen LogP contribution in [0, 0.1) is 5.82 Å². The van der Waals surface area contributed by atoms with Gasteiger partial charge < -0.3 is 15.2 Å². The first kappa shape index (κ1) is 9.92. The first-order chi connectivity index (χ1) is 7.24. The average molecular weight is 211 g/mol. The molecule has 15 heavy (non-hydrogen) atoms. The van der Waals surface area contributed by atoms with Crippen LogP contribution in [0.3, 0.4) is 0 Å². The molecule has 0 unspecified atom stereocenters. The van der Waals surface area contributed by atoms with Crippen molar-refractivity contribution in [2.75, 3.05) is 13.3 Å². The lowest BCUT2D eigenvalue weighted by molar-refractivity contribution is 0.0976. The van der Waals surface area contributed by atoms with Crippen LogP contribution < -0.4 is 15.2 Å². The SMILES string of the molecule is NCCC(=O)c1c(F)ccc2c1OCO2. The molecule has 2 N–H and O–H groups in total. The molecule has 0 spiro atoms. The molecule has 4 nitrogen and oxygen atoms in total. The van der Waals surface area contributed by atoms with Crippen LogP contribution in [0.15, 0.2) is 12.1 Å². The number of carbonyl (C=O) groups excluding carboxylic acids is 1. The molecule has 0 radical (unpaired) electrons. The maximum absolute atomic E-state index is 13.4. The molecule has 1 heterocycles. The molecule has 0 aliphatic carbocycles. The molecular formula is C10H10FNO3. The van der Waals surface area contributed by atoms with E-state index in [0.717, 1.165) is 0 Å². The molecule has 0 fully saturated rings. The van der Waals surface area contributed by atoms with E-state index in [2.05, 4.69) is 0 Å². The number of ketones is 1. The van der Waals surface area contributed by atoms with E-state index in [1.165, 1.54) is 12.1 Å². The first-order valence-electron chi connectivity index (χ1n) is 4.55. The normalized spacial score (nSPS) is 12.9. The maximum atomic E-state index is 13.4. The van der Waals surface area contributed by atoms with Crippen molar-refractivity contribution in [3.63, 3.8) is 0 Å². The molecule has 1 aromatic carbocycles. The zero-order valence-electron chi connectivity index (χ0n) is 7.96. The highest BCUT2D eigenvalue weighted by molar-refractivity contribution is 6.00. The Kier molecular flexibility index (Phi) is 2.55. The van der Waals surface area contributed by atoms with Gasteiger partial charge >= 0.3 is 0 Å². The second kappa shape index (κ2) is 3.86. The van der Waals surface area contributed by atoms with Gasteiger partial charge in [-0.3, -0.25) is 4.79 Å². The monoisotopic (exact) mass is 211 g/mol. The van der Waals surface area contributed by atoms with Gasteiger partial charge in [-0.1, -0.05) is 0 Å². The van der Waals surface area contributed by atoms with Gasteiger partial charge in [-0.2, -0.15) is 0 Å². The average Bonchev–Trinajstić information content (AvgIpc) is 2.65. The Bertz CT molecular complexity index is 406. The van der Waals surface area contributed by atoms with Crippen LogP contribution in [0.5, 0.6) is 11.5 Å². The summed E-state index contributed by atoms with van der Waals surface area (Å²) < 4.78 is 23.5. The van der Waals surface area contributed by atoms with Crippen LogP contribution in [0.2, 0.25) is 0 Å². The van der Waals surface area contributed by atoms with Gasteiger partial charge in [-0.05, 0) is 18.7 Å². The van der Waals surface area contributed by atoms with E-state index in [1.807, 2.05) is 0 Å². The smallest absolute Gasteiger partial charge is 0.231 e. The molecule has 0 atom stereocenters. The Morgan fingerprint density at radius 1 is 1.47 bits per heavy atom. The van der Waals surface area contributed by atoms with Crippen molar-refractivity contribution < 1.29 is 18.7 Å². The van der Waals surface area contributed by atoms with E-state index in [-0.39, 0.29) is 36.9 Å². The van der Waals surface area contributed by atoms with Crippen molar-refractivity contribution in [1.82, 2.24) is 0 Å². The fourth-order valence-electron chi connectivity index (χ4n) is 1.46. The van der Waals surface area contributed by atoms with Crippen LogP contribution >= 0.6 is 0 Å². The Balaban J connectivity index is 2.45. The highest BCUT2D eigenvalue weighted by atomic mass is 19.1. The lowest BCUT2D eigenvalue weighted by Crippen LogP contribution is -2.10. The van der Waals surface area contributed by atoms with E-state index in [0.29, 0.717) is 5.75 Å². The highest BCUT2D eigenvalue weighted by Crippen LogP contribution is 2.37. The van der Waals surface area contributed by atoms with E-state index in [4.69, 9.17) is 15.2 Å². The van der Waals surface area contributed by atoms with Crippen LogP contribution in [0.4, 0.5) is 4.39 Å². The van der Waals surface area contributed by atoms with E-state index < -0.39 is 5.82 Å². The molecule has 5 heteroatoms. The Morgan fingerprint density at radius 3 is 3.00 bits per heavy atom. The Hall–Kier alpha value is -1.62. The fraction of sp³-hybridized carbons (Fsp3) is 0.300. The molecule has 2 rings (SSSR count). The predicted octanol–water partition coefficient (Wildman–Crippen LogP) is 1.09. The zero-order valence-corrected chi connectivity index (χ0v) is 7.96. The third kappa shape index (κ3) is 1.66. The van der Waals surface area contributed by atoms with Crippen molar-refractivity contribution in [3.05, 3.63) is 23.5 Å². The third-order valence-electron chi connectivity index (χ3n) is 2.14. The second-order valence-electron chi connectivity index (χ2n) is 3.12. The summed E-state index contributed by atoms with van der Waals surface area (Å²) >= 11 is 0. The molecule has 0 saturated carbocycles. The second-order valence-corrected chi connectivity index (χ2v) is 3.12. The van der Waals surface area contributed by atoms with Crippen LogP contribution in [0.1, 0.15) is 16.8 Å². The molecule has 0 amide bonds. The van der Waals surface area contributed by atoms with Gasteiger partial charge in [-0.25, -0.2) is 4.39 Å². The van der Waals surface area contributed by atoms with E-state index >= 15 is 0 Å². The Morgan fingerprint density at radius 2 is 2.27 bits per heavy atom. The first-order valence-corrected chi connectivity index (χ1v) is 4.55. The summed E-state index contributed by atoms with van der Waals surface area (Å²) in [6.45, 7) is 0.199. The van der Waals surface area contributed by atoms with Crippen molar-refractivity contribution in [2.45, 2.75) is 6.42 Å². The van der Waals surface area contributed by atoms with Gasteiger partial charge in [0.05, 0.1) is 5.56 Å². The summed E-state index contributed by atoms with van der Waals surface area (Å²) in [6, 6.07) is 2.63. The summed E-state index contributed by atoms with van der Waals surface area (Å²) in [6.07, 6.45) is 0.0940. The minimum absolute atomic E-state index is 0.0156. The van der Waals surface area contributed by atoms with Crippen molar-refractivity contribution >= 4 is 5.78 Å². The molecule has 1 aliphatic heterocycles. The van der Waals surface area contributed by atoms with Gasteiger partial charge in [0.25, 0.3) is 0 Å². The fourth-order valence-corrected chi connectivity index (χ4v) is 1.46. The van der Waals surface area contributed by atoms with Crippen LogP contribution in [0.25, 0.3) is 0 Å². The summed E-state index contributed by atoms with van der Waals surface area (Å²) in [5.74, 6) is -0.375. The number of hydrogen-bond acceptors (Lipinski definition) is 4. The minimum atomic E-state index is -0.599. The van der Waals surface area contributed by atoms with E-state index in [9.17, 15) is 9.18 Å². The molecule has 0 saturated heterocycles. The number of Topliss-reactive ketones (excluding diaryl/α,β-unsaturated/α-hetero) is 1. The quantitative estimate of drug-likeness (QED) is 0.760. The number of hydrogen-bond donors (Lipinski definition) is 1. The van der Waals surface area contributed by atoms with Gasteiger partial charge in [-0.15, -0.1) is 0 Å². The number of fused-ring (bicyclic) bond motifs is 1.